The molecule has 7 heteroatoms. The first kappa shape index (κ1) is 12.9. The Balaban J connectivity index is 1.82. The quantitative estimate of drug-likeness (QED) is 0.846. The minimum Gasteiger partial charge on any atom is -0.349 e. The molecule has 1 saturated heterocycles. The number of aryl methyl sites for hydroxylation is 1. The molecule has 1 aliphatic rings. The minimum absolute atomic E-state index is 0.151. The molecule has 18 heavy (non-hydrogen) atoms. The van der Waals surface area contributed by atoms with Gasteiger partial charge in [0.05, 0.1) is 10.7 Å². The highest BCUT2D eigenvalue weighted by atomic mass is 35.5. The van der Waals surface area contributed by atoms with Crippen LogP contribution in [0.2, 0.25) is 5.02 Å². The Labute approximate surface area is 110 Å². The summed E-state index contributed by atoms with van der Waals surface area (Å²) >= 11 is 5.91. The Hall–Kier alpha value is -1.56. The van der Waals surface area contributed by atoms with Crippen LogP contribution in [-0.2, 0) is 4.79 Å². The number of aromatic amines is 1. The summed E-state index contributed by atoms with van der Waals surface area (Å²) in [5, 5.41) is 9.52. The van der Waals surface area contributed by atoms with Crippen molar-refractivity contribution in [3.63, 3.8) is 0 Å². The summed E-state index contributed by atoms with van der Waals surface area (Å²) in [6.07, 6.45) is 1.51. The number of amides is 2. The van der Waals surface area contributed by atoms with E-state index in [-0.39, 0.29) is 17.5 Å². The summed E-state index contributed by atoms with van der Waals surface area (Å²) in [4.78, 5) is 24.9. The summed E-state index contributed by atoms with van der Waals surface area (Å²) in [7, 11) is 0. The second-order valence-corrected chi connectivity index (χ2v) is 4.63. The van der Waals surface area contributed by atoms with E-state index >= 15 is 0 Å². The third-order valence-corrected chi connectivity index (χ3v) is 3.39. The van der Waals surface area contributed by atoms with Crippen LogP contribution in [0.3, 0.4) is 0 Å². The molecule has 98 valence electrons. The molecule has 0 aliphatic carbocycles. The fourth-order valence-electron chi connectivity index (χ4n) is 1.89. The molecule has 0 bridgehead atoms. The van der Waals surface area contributed by atoms with Crippen molar-refractivity contribution < 1.29 is 9.59 Å². The topological polar surface area (TPSA) is 78.1 Å². The average Bonchev–Trinajstić information content (AvgIpc) is 2.88. The van der Waals surface area contributed by atoms with Crippen molar-refractivity contribution in [2.24, 2.45) is 0 Å². The standard InChI is InChI=1S/C11H15ClN4O2/c1-7-9(12)10(15-14-7)11(18)13-4-6-16-5-2-3-8(16)17/h2-6H2,1H3,(H,13,18)(H,14,15). The zero-order valence-electron chi connectivity index (χ0n) is 10.1. The predicted octanol–water partition coefficient (Wildman–Crippen LogP) is 0.724. The highest BCUT2D eigenvalue weighted by molar-refractivity contribution is 6.34. The van der Waals surface area contributed by atoms with E-state index in [4.69, 9.17) is 11.6 Å². The number of hydrogen-bond acceptors (Lipinski definition) is 3. The molecule has 2 heterocycles. The van der Waals surface area contributed by atoms with Crippen molar-refractivity contribution in [3.05, 3.63) is 16.4 Å². The van der Waals surface area contributed by atoms with Crippen molar-refractivity contribution in [1.82, 2.24) is 20.4 Å². The predicted molar refractivity (Wildman–Crippen MR) is 66.5 cm³/mol. The van der Waals surface area contributed by atoms with Crippen LogP contribution in [0.15, 0.2) is 0 Å². The fourth-order valence-corrected chi connectivity index (χ4v) is 2.06. The summed E-state index contributed by atoms with van der Waals surface area (Å²) in [6, 6.07) is 0. The highest BCUT2D eigenvalue weighted by Crippen LogP contribution is 2.16. The van der Waals surface area contributed by atoms with Gasteiger partial charge in [-0.25, -0.2) is 0 Å². The van der Waals surface area contributed by atoms with Gasteiger partial charge in [0.25, 0.3) is 5.91 Å². The van der Waals surface area contributed by atoms with Crippen LogP contribution in [0.4, 0.5) is 0 Å². The zero-order valence-corrected chi connectivity index (χ0v) is 10.9. The molecular weight excluding hydrogens is 256 g/mol. The number of hydrogen-bond donors (Lipinski definition) is 2. The highest BCUT2D eigenvalue weighted by Gasteiger charge is 2.20. The van der Waals surface area contributed by atoms with Gasteiger partial charge >= 0.3 is 0 Å². The first-order valence-electron chi connectivity index (χ1n) is 5.86. The Morgan fingerprint density at radius 3 is 2.94 bits per heavy atom. The minimum atomic E-state index is -0.323. The van der Waals surface area contributed by atoms with Crippen molar-refractivity contribution >= 4 is 23.4 Å². The molecule has 2 N–H and O–H groups in total. The van der Waals surface area contributed by atoms with Crippen LogP contribution < -0.4 is 5.32 Å². The lowest BCUT2D eigenvalue weighted by atomic mass is 10.3. The Kier molecular flexibility index (Phi) is 3.86. The lowest BCUT2D eigenvalue weighted by Gasteiger charge is -2.15. The number of carbonyl (C=O) groups is 2. The van der Waals surface area contributed by atoms with Gasteiger partial charge in [0.2, 0.25) is 5.91 Å². The van der Waals surface area contributed by atoms with Gasteiger partial charge in [-0.1, -0.05) is 11.6 Å². The van der Waals surface area contributed by atoms with Gasteiger partial charge in [-0.3, -0.25) is 14.7 Å². The van der Waals surface area contributed by atoms with Crippen LogP contribution in [0.25, 0.3) is 0 Å². The molecule has 0 unspecified atom stereocenters. The molecule has 0 radical (unpaired) electrons. The Morgan fingerprint density at radius 1 is 1.61 bits per heavy atom. The van der Waals surface area contributed by atoms with Crippen LogP contribution in [0.1, 0.15) is 29.0 Å². The van der Waals surface area contributed by atoms with E-state index < -0.39 is 0 Å². The van der Waals surface area contributed by atoms with E-state index in [9.17, 15) is 9.59 Å². The second-order valence-electron chi connectivity index (χ2n) is 4.25. The normalized spacial score (nSPS) is 15.2. The van der Waals surface area contributed by atoms with Crippen molar-refractivity contribution in [2.45, 2.75) is 19.8 Å². The summed E-state index contributed by atoms with van der Waals surface area (Å²) in [5.74, 6) is -0.172. The first-order valence-corrected chi connectivity index (χ1v) is 6.24. The molecule has 1 aromatic rings. The van der Waals surface area contributed by atoms with E-state index in [1.54, 1.807) is 11.8 Å². The molecule has 0 aromatic carbocycles. The number of nitrogens with one attached hydrogen (secondary N) is 2. The maximum Gasteiger partial charge on any atom is 0.273 e. The van der Waals surface area contributed by atoms with Gasteiger partial charge in [0.1, 0.15) is 0 Å². The second kappa shape index (κ2) is 5.39. The van der Waals surface area contributed by atoms with E-state index in [0.717, 1.165) is 13.0 Å². The maximum absolute atomic E-state index is 11.8. The Bertz CT molecular complexity index is 472. The largest absolute Gasteiger partial charge is 0.349 e. The van der Waals surface area contributed by atoms with Crippen LogP contribution in [-0.4, -0.2) is 46.5 Å². The molecule has 0 saturated carbocycles. The maximum atomic E-state index is 11.8. The number of rotatable bonds is 4. The van der Waals surface area contributed by atoms with Crippen LogP contribution in [0, 0.1) is 6.92 Å². The third-order valence-electron chi connectivity index (χ3n) is 2.93. The van der Waals surface area contributed by atoms with Crippen molar-refractivity contribution in [2.75, 3.05) is 19.6 Å². The van der Waals surface area contributed by atoms with Gasteiger partial charge in [-0.05, 0) is 13.3 Å². The van der Waals surface area contributed by atoms with E-state index in [2.05, 4.69) is 15.5 Å². The molecule has 0 atom stereocenters. The monoisotopic (exact) mass is 270 g/mol. The summed E-state index contributed by atoms with van der Waals surface area (Å²) < 4.78 is 0. The van der Waals surface area contributed by atoms with Crippen molar-refractivity contribution in [3.8, 4) is 0 Å². The van der Waals surface area contributed by atoms with E-state index in [1.165, 1.54) is 0 Å². The number of nitrogens with zero attached hydrogens (tertiary/aromatic N) is 2. The number of likely N-dealkylation sites (tertiary alicyclic amines) is 1. The molecule has 6 nitrogen and oxygen atoms in total. The lowest BCUT2D eigenvalue weighted by Crippen LogP contribution is -2.35. The van der Waals surface area contributed by atoms with Crippen LogP contribution >= 0.6 is 11.6 Å². The van der Waals surface area contributed by atoms with E-state index in [0.29, 0.717) is 30.2 Å². The van der Waals surface area contributed by atoms with Gasteiger partial charge in [-0.15, -0.1) is 0 Å². The molecule has 1 fully saturated rings. The van der Waals surface area contributed by atoms with Crippen molar-refractivity contribution in [1.29, 1.82) is 0 Å². The molecule has 1 aromatic heterocycles. The number of aromatic nitrogens is 2. The molecular formula is C11H15ClN4O2. The summed E-state index contributed by atoms with van der Waals surface area (Å²) in [6.45, 7) is 3.46. The average molecular weight is 271 g/mol. The molecule has 0 spiro atoms. The molecule has 2 amide bonds. The molecule has 1 aliphatic heterocycles. The third kappa shape index (κ3) is 2.64. The van der Waals surface area contributed by atoms with Gasteiger partial charge < -0.3 is 10.2 Å². The van der Waals surface area contributed by atoms with Gasteiger partial charge in [-0.2, -0.15) is 5.10 Å². The van der Waals surface area contributed by atoms with Gasteiger partial charge in [0.15, 0.2) is 5.69 Å². The SMILES string of the molecule is Cc1[nH]nc(C(=O)NCCN2CCCC2=O)c1Cl. The van der Waals surface area contributed by atoms with Crippen LogP contribution in [0.5, 0.6) is 0 Å². The zero-order chi connectivity index (χ0) is 13.1. The van der Waals surface area contributed by atoms with E-state index in [1.807, 2.05) is 0 Å². The smallest absolute Gasteiger partial charge is 0.273 e. The number of carbonyl (C=O) groups excluding carboxylic acids is 2. The lowest BCUT2D eigenvalue weighted by molar-refractivity contribution is -0.127. The number of H-pyrrole nitrogens is 1. The first-order chi connectivity index (χ1) is 8.59. The fraction of sp³-hybridized carbons (Fsp3) is 0.545. The number of halogens is 1. The van der Waals surface area contributed by atoms with Gasteiger partial charge in [0, 0.05) is 26.1 Å². The summed E-state index contributed by atoms with van der Waals surface area (Å²) in [5.41, 5.74) is 0.860. The molecule has 2 rings (SSSR count). The Morgan fingerprint density at radius 2 is 2.39 bits per heavy atom.